The van der Waals surface area contributed by atoms with Crippen LogP contribution in [-0.4, -0.2) is 11.5 Å². The Balaban J connectivity index is 2.37. The predicted octanol–water partition coefficient (Wildman–Crippen LogP) is 3.77. The Kier molecular flexibility index (Phi) is 4.17. The Bertz CT molecular complexity index is 548. The van der Waals surface area contributed by atoms with E-state index in [-0.39, 0.29) is 11.9 Å². The van der Waals surface area contributed by atoms with E-state index in [1.807, 2.05) is 20.8 Å². The lowest BCUT2D eigenvalue weighted by atomic mass is 10.2. The molecule has 0 radical (unpaired) electrons. The molecule has 3 nitrogen and oxygen atoms in total. The number of benzene rings is 1. The average molecular weight is 279 g/mol. The van der Waals surface area contributed by atoms with Gasteiger partial charge in [0.1, 0.15) is 5.82 Å². The van der Waals surface area contributed by atoms with Crippen LogP contribution in [0.25, 0.3) is 0 Å². The summed E-state index contributed by atoms with van der Waals surface area (Å²) in [5.74, 6) is -0.230. The van der Waals surface area contributed by atoms with Gasteiger partial charge in [0.25, 0.3) is 0 Å². The molecule has 2 rings (SSSR count). The SMILES string of the molecule is CCN(c1ccc(F)cc1)c1nc(C)c(C(C)N)s1. The van der Waals surface area contributed by atoms with Gasteiger partial charge in [-0.3, -0.25) is 0 Å². The highest BCUT2D eigenvalue weighted by Crippen LogP contribution is 2.33. The van der Waals surface area contributed by atoms with E-state index in [2.05, 4.69) is 9.88 Å². The fourth-order valence-electron chi connectivity index (χ4n) is 1.98. The van der Waals surface area contributed by atoms with Gasteiger partial charge in [0.05, 0.1) is 5.69 Å². The molecule has 2 aromatic rings. The van der Waals surface area contributed by atoms with E-state index in [4.69, 9.17) is 5.73 Å². The fraction of sp³-hybridized carbons (Fsp3) is 0.357. The topological polar surface area (TPSA) is 42.2 Å². The number of anilines is 2. The maximum atomic E-state index is 13.0. The fourth-order valence-corrected chi connectivity index (χ4v) is 3.08. The Labute approximate surface area is 116 Å². The summed E-state index contributed by atoms with van der Waals surface area (Å²) in [5.41, 5.74) is 7.84. The number of rotatable bonds is 4. The molecule has 1 aromatic carbocycles. The molecule has 0 spiro atoms. The summed E-state index contributed by atoms with van der Waals surface area (Å²) in [5, 5.41) is 0.902. The van der Waals surface area contributed by atoms with E-state index in [1.165, 1.54) is 12.1 Å². The molecule has 0 bridgehead atoms. The van der Waals surface area contributed by atoms with Crippen molar-refractivity contribution < 1.29 is 4.39 Å². The smallest absolute Gasteiger partial charge is 0.190 e. The second kappa shape index (κ2) is 5.67. The van der Waals surface area contributed by atoms with Crippen LogP contribution in [0.1, 0.15) is 30.5 Å². The van der Waals surface area contributed by atoms with E-state index in [9.17, 15) is 4.39 Å². The Hall–Kier alpha value is -1.46. The molecular weight excluding hydrogens is 261 g/mol. The van der Waals surface area contributed by atoms with Gasteiger partial charge in [-0.25, -0.2) is 9.37 Å². The van der Waals surface area contributed by atoms with Crippen molar-refractivity contribution in [1.82, 2.24) is 4.98 Å². The molecule has 0 amide bonds. The average Bonchev–Trinajstić information content (AvgIpc) is 2.75. The minimum atomic E-state index is -0.230. The van der Waals surface area contributed by atoms with E-state index in [1.54, 1.807) is 23.5 Å². The molecule has 19 heavy (non-hydrogen) atoms. The van der Waals surface area contributed by atoms with Crippen LogP contribution < -0.4 is 10.6 Å². The number of hydrogen-bond acceptors (Lipinski definition) is 4. The number of halogens is 1. The zero-order chi connectivity index (χ0) is 14.0. The first-order valence-corrected chi connectivity index (χ1v) is 7.10. The number of hydrogen-bond donors (Lipinski definition) is 1. The van der Waals surface area contributed by atoms with Crippen LogP contribution in [0.3, 0.4) is 0 Å². The Morgan fingerprint density at radius 1 is 1.37 bits per heavy atom. The number of nitrogens with zero attached hydrogens (tertiary/aromatic N) is 2. The molecule has 0 aliphatic carbocycles. The van der Waals surface area contributed by atoms with Crippen molar-refractivity contribution in [2.45, 2.75) is 26.8 Å². The van der Waals surface area contributed by atoms with E-state index in [0.29, 0.717) is 0 Å². The first kappa shape index (κ1) is 14.0. The van der Waals surface area contributed by atoms with Gasteiger partial charge >= 0.3 is 0 Å². The highest BCUT2D eigenvalue weighted by Gasteiger charge is 2.16. The molecule has 1 atom stereocenters. The summed E-state index contributed by atoms with van der Waals surface area (Å²) in [6.07, 6.45) is 0. The van der Waals surface area contributed by atoms with Crippen molar-refractivity contribution >= 4 is 22.2 Å². The van der Waals surface area contributed by atoms with Crippen LogP contribution in [0.15, 0.2) is 24.3 Å². The molecule has 102 valence electrons. The third-order valence-electron chi connectivity index (χ3n) is 2.92. The minimum Gasteiger partial charge on any atom is -0.323 e. The highest BCUT2D eigenvalue weighted by molar-refractivity contribution is 7.15. The van der Waals surface area contributed by atoms with Crippen molar-refractivity contribution in [3.05, 3.63) is 40.7 Å². The zero-order valence-electron chi connectivity index (χ0n) is 11.4. The second-order valence-electron chi connectivity index (χ2n) is 4.46. The van der Waals surface area contributed by atoms with Crippen LogP contribution >= 0.6 is 11.3 Å². The molecule has 0 saturated heterocycles. The molecule has 1 aromatic heterocycles. The molecule has 1 heterocycles. The summed E-state index contributed by atoms with van der Waals surface area (Å²) >= 11 is 1.60. The normalized spacial score (nSPS) is 12.5. The van der Waals surface area contributed by atoms with Crippen molar-refractivity contribution in [3.8, 4) is 0 Å². The molecule has 0 aliphatic rings. The zero-order valence-corrected chi connectivity index (χ0v) is 12.2. The summed E-state index contributed by atoms with van der Waals surface area (Å²) in [6.45, 7) is 6.75. The molecule has 5 heteroatoms. The summed E-state index contributed by atoms with van der Waals surface area (Å²) in [6, 6.07) is 6.44. The van der Waals surface area contributed by atoms with E-state index in [0.717, 1.165) is 27.9 Å². The molecule has 1 unspecified atom stereocenters. The van der Waals surface area contributed by atoms with Gasteiger partial charge in [0.15, 0.2) is 5.13 Å². The van der Waals surface area contributed by atoms with Gasteiger partial charge in [0, 0.05) is 23.2 Å². The number of aromatic nitrogens is 1. The minimum absolute atomic E-state index is 0.0156. The summed E-state index contributed by atoms with van der Waals surface area (Å²) in [7, 11) is 0. The van der Waals surface area contributed by atoms with Crippen LogP contribution in [0.4, 0.5) is 15.2 Å². The van der Waals surface area contributed by atoms with Crippen LogP contribution in [-0.2, 0) is 0 Å². The molecule has 0 fully saturated rings. The van der Waals surface area contributed by atoms with Gasteiger partial charge < -0.3 is 10.6 Å². The standard InChI is InChI=1S/C14H18FN3S/c1-4-18(12-7-5-11(15)6-8-12)14-17-10(3)13(19-14)9(2)16/h5-9H,4,16H2,1-3H3. The summed E-state index contributed by atoms with van der Waals surface area (Å²) in [4.78, 5) is 7.72. The van der Waals surface area contributed by atoms with Crippen LogP contribution in [0.5, 0.6) is 0 Å². The maximum absolute atomic E-state index is 13.0. The van der Waals surface area contributed by atoms with Crippen molar-refractivity contribution in [1.29, 1.82) is 0 Å². The molecule has 2 N–H and O–H groups in total. The predicted molar refractivity (Wildman–Crippen MR) is 78.5 cm³/mol. The van der Waals surface area contributed by atoms with Crippen molar-refractivity contribution in [3.63, 3.8) is 0 Å². The lowest BCUT2D eigenvalue weighted by Crippen LogP contribution is -2.15. The van der Waals surface area contributed by atoms with Crippen LogP contribution in [0.2, 0.25) is 0 Å². The van der Waals surface area contributed by atoms with Gasteiger partial charge in [-0.2, -0.15) is 0 Å². The monoisotopic (exact) mass is 279 g/mol. The highest BCUT2D eigenvalue weighted by atomic mass is 32.1. The quantitative estimate of drug-likeness (QED) is 0.926. The van der Waals surface area contributed by atoms with Crippen LogP contribution in [0, 0.1) is 12.7 Å². The molecule has 0 aliphatic heterocycles. The van der Waals surface area contributed by atoms with E-state index < -0.39 is 0 Å². The van der Waals surface area contributed by atoms with Crippen molar-refractivity contribution in [2.75, 3.05) is 11.4 Å². The van der Waals surface area contributed by atoms with Crippen molar-refractivity contribution in [2.24, 2.45) is 5.73 Å². The Morgan fingerprint density at radius 3 is 2.47 bits per heavy atom. The number of thiazole rings is 1. The first-order chi connectivity index (χ1) is 9.02. The second-order valence-corrected chi connectivity index (χ2v) is 5.46. The molecule has 0 saturated carbocycles. The summed E-state index contributed by atoms with van der Waals surface area (Å²) < 4.78 is 13.0. The van der Waals surface area contributed by atoms with Gasteiger partial charge in [-0.05, 0) is 45.0 Å². The Morgan fingerprint density at radius 2 is 2.00 bits per heavy atom. The number of aryl methyl sites for hydroxylation is 1. The maximum Gasteiger partial charge on any atom is 0.190 e. The largest absolute Gasteiger partial charge is 0.323 e. The van der Waals surface area contributed by atoms with Gasteiger partial charge in [-0.15, -0.1) is 0 Å². The third kappa shape index (κ3) is 2.93. The van der Waals surface area contributed by atoms with E-state index >= 15 is 0 Å². The lowest BCUT2D eigenvalue weighted by molar-refractivity contribution is 0.628. The van der Waals surface area contributed by atoms with Gasteiger partial charge in [-0.1, -0.05) is 11.3 Å². The first-order valence-electron chi connectivity index (χ1n) is 6.29. The lowest BCUT2D eigenvalue weighted by Gasteiger charge is -2.19. The third-order valence-corrected chi connectivity index (χ3v) is 4.30. The van der Waals surface area contributed by atoms with Gasteiger partial charge in [0.2, 0.25) is 0 Å². The number of nitrogens with two attached hydrogens (primary N) is 1. The molecular formula is C14H18FN3S.